The minimum atomic E-state index is -1.26. The molecule has 1 fully saturated rings. The number of fused-ring (bicyclic) bond motifs is 3. The van der Waals surface area contributed by atoms with Gasteiger partial charge in [-0.15, -0.1) is 0 Å². The number of carboxylic acids is 2. The number of hydrogen-bond acceptors (Lipinski definition) is 3. The molecule has 2 aliphatic heterocycles. The van der Waals surface area contributed by atoms with Gasteiger partial charge in [0.15, 0.2) is 0 Å². The summed E-state index contributed by atoms with van der Waals surface area (Å²) in [5.74, 6) is -1.97. The number of hydrogen-bond donors (Lipinski definition) is 2. The van der Waals surface area contributed by atoms with Gasteiger partial charge in [0.2, 0.25) is 0 Å². The highest BCUT2D eigenvalue weighted by atomic mass is 16.4. The average molecular weight is 365 g/mol. The van der Waals surface area contributed by atoms with Gasteiger partial charge in [0.25, 0.3) is 0 Å². The summed E-state index contributed by atoms with van der Waals surface area (Å²) < 4.78 is 0. The lowest BCUT2D eigenvalue weighted by atomic mass is 9.82. The van der Waals surface area contributed by atoms with E-state index in [9.17, 15) is 9.59 Å². The van der Waals surface area contributed by atoms with Crippen LogP contribution in [0.15, 0.2) is 66.7 Å². The average Bonchev–Trinajstić information content (AvgIpc) is 3.16. The van der Waals surface area contributed by atoms with E-state index in [2.05, 4.69) is 59.5 Å². The first-order valence-electron chi connectivity index (χ1n) is 9.08. The van der Waals surface area contributed by atoms with E-state index in [1.165, 1.54) is 31.5 Å². The Morgan fingerprint density at radius 2 is 1.48 bits per heavy atom. The maximum Gasteiger partial charge on any atom is 0.328 e. The highest BCUT2D eigenvalue weighted by molar-refractivity contribution is 5.89. The highest BCUT2D eigenvalue weighted by Crippen LogP contribution is 2.43. The molecule has 27 heavy (non-hydrogen) atoms. The van der Waals surface area contributed by atoms with Gasteiger partial charge in [-0.05, 0) is 36.1 Å². The van der Waals surface area contributed by atoms with Crippen molar-refractivity contribution in [2.24, 2.45) is 0 Å². The third-order valence-electron chi connectivity index (χ3n) is 5.08. The number of aliphatic carboxylic acids is 2. The Morgan fingerprint density at radius 1 is 0.889 bits per heavy atom. The predicted molar refractivity (Wildman–Crippen MR) is 103 cm³/mol. The number of benzene rings is 2. The fourth-order valence-electron chi connectivity index (χ4n) is 3.97. The lowest BCUT2D eigenvalue weighted by Crippen LogP contribution is -2.34. The molecule has 2 N–H and O–H groups in total. The smallest absolute Gasteiger partial charge is 0.328 e. The Bertz CT molecular complexity index is 815. The van der Waals surface area contributed by atoms with Crippen molar-refractivity contribution < 1.29 is 19.8 Å². The summed E-state index contributed by atoms with van der Waals surface area (Å²) in [6, 6.07) is 20.7. The topological polar surface area (TPSA) is 77.8 Å². The molecule has 2 aromatic rings. The van der Waals surface area contributed by atoms with Crippen LogP contribution in [0, 0.1) is 0 Å². The third kappa shape index (κ3) is 4.63. The molecule has 0 amide bonds. The van der Waals surface area contributed by atoms with Crippen molar-refractivity contribution in [3.05, 3.63) is 83.4 Å². The first-order chi connectivity index (χ1) is 13.1. The van der Waals surface area contributed by atoms with E-state index >= 15 is 0 Å². The van der Waals surface area contributed by atoms with Gasteiger partial charge in [-0.2, -0.15) is 0 Å². The number of carboxylic acid groups (broad SMARTS) is 2. The van der Waals surface area contributed by atoms with Crippen LogP contribution in [0.4, 0.5) is 0 Å². The molecule has 4 rings (SSSR count). The molecule has 0 aliphatic carbocycles. The van der Waals surface area contributed by atoms with Crippen molar-refractivity contribution in [3.63, 3.8) is 0 Å². The summed E-state index contributed by atoms with van der Waals surface area (Å²) in [4.78, 5) is 21.8. The fraction of sp³-hybridized carbons (Fsp3) is 0.273. The van der Waals surface area contributed by atoms with Gasteiger partial charge >= 0.3 is 11.9 Å². The molecule has 1 saturated heterocycles. The molecule has 0 aromatic heterocycles. The van der Waals surface area contributed by atoms with Crippen LogP contribution in [0.2, 0.25) is 0 Å². The van der Waals surface area contributed by atoms with Crippen LogP contribution in [-0.4, -0.2) is 40.1 Å². The molecule has 140 valence electrons. The summed E-state index contributed by atoms with van der Waals surface area (Å²) in [7, 11) is 0. The van der Waals surface area contributed by atoms with Crippen LogP contribution < -0.4 is 0 Å². The van der Waals surface area contributed by atoms with Gasteiger partial charge in [-0.3, -0.25) is 4.90 Å². The van der Waals surface area contributed by atoms with Crippen LogP contribution in [0.5, 0.6) is 0 Å². The van der Waals surface area contributed by atoms with Gasteiger partial charge in [0.1, 0.15) is 0 Å². The minimum Gasteiger partial charge on any atom is -0.478 e. The van der Waals surface area contributed by atoms with Crippen molar-refractivity contribution in [2.75, 3.05) is 13.1 Å². The molecule has 0 radical (unpaired) electrons. The largest absolute Gasteiger partial charge is 0.478 e. The van der Waals surface area contributed by atoms with Crippen molar-refractivity contribution in [1.82, 2.24) is 4.90 Å². The SMILES string of the molecule is O=C(O)/C=C/C(=O)O.c1ccc([C@@H]2CN3CCC[C@H]3c3ccccc32)cc1. The molecule has 2 aliphatic rings. The van der Waals surface area contributed by atoms with Gasteiger partial charge < -0.3 is 10.2 Å². The molecular weight excluding hydrogens is 342 g/mol. The lowest BCUT2D eigenvalue weighted by Gasteiger charge is -2.37. The van der Waals surface area contributed by atoms with E-state index in [4.69, 9.17) is 10.2 Å². The van der Waals surface area contributed by atoms with Crippen LogP contribution in [0.1, 0.15) is 41.5 Å². The zero-order valence-corrected chi connectivity index (χ0v) is 15.0. The maximum atomic E-state index is 9.55. The van der Waals surface area contributed by atoms with E-state index < -0.39 is 11.9 Å². The second kappa shape index (κ2) is 8.64. The Hall–Kier alpha value is -2.92. The van der Waals surface area contributed by atoms with Crippen molar-refractivity contribution in [2.45, 2.75) is 24.8 Å². The number of carbonyl (C=O) groups is 2. The van der Waals surface area contributed by atoms with E-state index in [-0.39, 0.29) is 0 Å². The van der Waals surface area contributed by atoms with Crippen molar-refractivity contribution in [3.8, 4) is 0 Å². The third-order valence-corrected chi connectivity index (χ3v) is 5.08. The van der Waals surface area contributed by atoms with E-state index in [1.807, 2.05) is 0 Å². The summed E-state index contributed by atoms with van der Waals surface area (Å²) in [6.45, 7) is 2.45. The number of nitrogens with zero attached hydrogens (tertiary/aromatic N) is 1. The second-order valence-corrected chi connectivity index (χ2v) is 6.75. The molecule has 0 saturated carbocycles. The van der Waals surface area contributed by atoms with Gasteiger partial charge in [0, 0.05) is 30.7 Å². The zero-order valence-electron chi connectivity index (χ0n) is 15.0. The van der Waals surface area contributed by atoms with Crippen LogP contribution in [0.25, 0.3) is 0 Å². The van der Waals surface area contributed by atoms with Crippen LogP contribution in [0.3, 0.4) is 0 Å². The molecule has 0 spiro atoms. The van der Waals surface area contributed by atoms with E-state index in [0.717, 1.165) is 0 Å². The quantitative estimate of drug-likeness (QED) is 0.812. The van der Waals surface area contributed by atoms with E-state index in [0.29, 0.717) is 24.1 Å². The van der Waals surface area contributed by atoms with E-state index in [1.54, 1.807) is 11.1 Å². The van der Waals surface area contributed by atoms with Crippen LogP contribution in [-0.2, 0) is 9.59 Å². The summed E-state index contributed by atoms with van der Waals surface area (Å²) in [5, 5.41) is 15.6. The predicted octanol–water partition coefficient (Wildman–Crippen LogP) is 3.68. The summed E-state index contributed by atoms with van der Waals surface area (Å²) in [6.07, 6.45) is 3.80. The first-order valence-corrected chi connectivity index (χ1v) is 9.08. The molecule has 0 unspecified atom stereocenters. The van der Waals surface area contributed by atoms with Gasteiger partial charge in [-0.1, -0.05) is 54.6 Å². The Morgan fingerprint density at radius 3 is 2.11 bits per heavy atom. The monoisotopic (exact) mass is 365 g/mol. The van der Waals surface area contributed by atoms with Crippen LogP contribution >= 0.6 is 0 Å². The lowest BCUT2D eigenvalue weighted by molar-refractivity contribution is -0.134. The summed E-state index contributed by atoms with van der Waals surface area (Å²) in [5.41, 5.74) is 4.58. The molecule has 5 heteroatoms. The summed E-state index contributed by atoms with van der Waals surface area (Å²) >= 11 is 0. The minimum absolute atomic E-state index is 0.548. The normalized spacial score (nSPS) is 21.0. The standard InChI is InChI=1S/C18H19N.C4H4O4/c1-2-7-14(8-3-1)17-13-19-12-6-11-18(19)16-10-5-4-9-15(16)17;5-3(6)1-2-4(7)8/h1-5,7-10,17-18H,6,11-13H2;1-2H,(H,5,6)(H,7,8)/b;2-1+/t17-,18-;/m0./s1. The molecule has 5 nitrogen and oxygen atoms in total. The molecule has 2 aromatic carbocycles. The molecule has 2 atom stereocenters. The Balaban J connectivity index is 0.000000226. The highest BCUT2D eigenvalue weighted by Gasteiger charge is 2.35. The van der Waals surface area contributed by atoms with Gasteiger partial charge in [-0.25, -0.2) is 9.59 Å². The molecular formula is C22H23NO4. The molecule has 2 heterocycles. The first kappa shape index (κ1) is 18.9. The second-order valence-electron chi connectivity index (χ2n) is 6.75. The number of rotatable bonds is 3. The zero-order chi connectivity index (χ0) is 19.2. The maximum absolute atomic E-state index is 9.55. The van der Waals surface area contributed by atoms with Gasteiger partial charge in [0.05, 0.1) is 0 Å². The Kier molecular flexibility index (Phi) is 6.04. The van der Waals surface area contributed by atoms with Crippen molar-refractivity contribution >= 4 is 11.9 Å². The Labute approximate surface area is 158 Å². The molecule has 0 bridgehead atoms. The van der Waals surface area contributed by atoms with Crippen molar-refractivity contribution in [1.29, 1.82) is 0 Å². The fourth-order valence-corrected chi connectivity index (χ4v) is 3.97.